The van der Waals surface area contributed by atoms with E-state index in [9.17, 15) is 4.39 Å². The van der Waals surface area contributed by atoms with Gasteiger partial charge in [-0.1, -0.05) is 72.4 Å². The van der Waals surface area contributed by atoms with Crippen LogP contribution >= 0.6 is 11.8 Å². The number of halogens is 1. The van der Waals surface area contributed by atoms with Gasteiger partial charge < -0.3 is 4.74 Å². The Bertz CT molecular complexity index is 1160. The Labute approximate surface area is 185 Å². The van der Waals surface area contributed by atoms with E-state index >= 15 is 0 Å². The Balaban J connectivity index is 1.54. The van der Waals surface area contributed by atoms with Crippen molar-refractivity contribution in [2.75, 3.05) is 0 Å². The molecular weight excluding hydrogens is 405 g/mol. The van der Waals surface area contributed by atoms with Crippen LogP contribution in [-0.2, 0) is 0 Å². The first-order valence-electron chi connectivity index (χ1n) is 9.82. The lowest BCUT2D eigenvalue weighted by Crippen LogP contribution is -2.04. The molecule has 0 bridgehead atoms. The second kappa shape index (κ2) is 10.4. The van der Waals surface area contributed by atoms with Gasteiger partial charge in [-0.3, -0.25) is 0 Å². The lowest BCUT2D eigenvalue weighted by molar-refractivity contribution is 0.556. The molecule has 4 heteroatoms. The lowest BCUT2D eigenvalue weighted by Gasteiger charge is -2.06. The molecular formula is C27H20FNOS. The third-order valence-corrected chi connectivity index (χ3v) is 5.22. The third-order valence-electron chi connectivity index (χ3n) is 4.41. The Kier molecular flexibility index (Phi) is 6.93. The number of aliphatic imine (C=N–C) groups is 1. The third kappa shape index (κ3) is 6.17. The summed E-state index contributed by atoms with van der Waals surface area (Å²) in [6.45, 7) is 0. The van der Waals surface area contributed by atoms with Gasteiger partial charge in [-0.2, -0.15) is 0 Å². The molecule has 0 aliphatic carbocycles. The van der Waals surface area contributed by atoms with Crippen molar-refractivity contribution in [2.24, 2.45) is 4.99 Å². The molecule has 0 saturated carbocycles. The SMILES string of the molecule is Fc1ccc(SC=CC(=Nc2ccc(-c3ccccc3)cc2)Oc2ccccc2)cc1. The summed E-state index contributed by atoms with van der Waals surface area (Å²) in [7, 11) is 0. The molecule has 0 atom stereocenters. The van der Waals surface area contributed by atoms with Crippen LogP contribution in [0.15, 0.2) is 131 Å². The summed E-state index contributed by atoms with van der Waals surface area (Å²) in [4.78, 5) is 5.60. The Hall–Kier alpha value is -3.63. The van der Waals surface area contributed by atoms with Crippen LogP contribution in [0.3, 0.4) is 0 Å². The van der Waals surface area contributed by atoms with E-state index < -0.39 is 0 Å². The topological polar surface area (TPSA) is 21.6 Å². The molecule has 0 unspecified atom stereocenters. The molecule has 0 radical (unpaired) electrons. The average Bonchev–Trinajstić information content (AvgIpc) is 2.82. The molecule has 4 aromatic rings. The molecule has 0 aromatic heterocycles. The molecule has 2 nitrogen and oxygen atoms in total. The van der Waals surface area contributed by atoms with E-state index in [4.69, 9.17) is 4.74 Å². The first-order chi connectivity index (χ1) is 15.3. The van der Waals surface area contributed by atoms with E-state index in [2.05, 4.69) is 17.1 Å². The summed E-state index contributed by atoms with van der Waals surface area (Å²) in [5.74, 6) is 0.925. The second-order valence-corrected chi connectivity index (χ2v) is 7.63. The molecule has 31 heavy (non-hydrogen) atoms. The number of hydrogen-bond donors (Lipinski definition) is 0. The van der Waals surface area contributed by atoms with Gasteiger partial charge in [0.25, 0.3) is 0 Å². The minimum Gasteiger partial charge on any atom is -0.439 e. The number of nitrogens with zero attached hydrogens (tertiary/aromatic N) is 1. The van der Waals surface area contributed by atoms with Crippen LogP contribution in [0.1, 0.15) is 0 Å². The van der Waals surface area contributed by atoms with Crippen LogP contribution in [0.2, 0.25) is 0 Å². The van der Waals surface area contributed by atoms with Gasteiger partial charge in [-0.15, -0.1) is 0 Å². The highest BCUT2D eigenvalue weighted by Crippen LogP contribution is 2.24. The van der Waals surface area contributed by atoms with Crippen molar-refractivity contribution in [1.29, 1.82) is 0 Å². The molecule has 4 aromatic carbocycles. The summed E-state index contributed by atoms with van der Waals surface area (Å²) in [5, 5.41) is 1.88. The number of para-hydroxylation sites is 1. The number of thioether (sulfide) groups is 1. The van der Waals surface area contributed by atoms with Crippen molar-refractivity contribution in [3.8, 4) is 16.9 Å². The summed E-state index contributed by atoms with van der Waals surface area (Å²) in [5.41, 5.74) is 3.09. The minimum absolute atomic E-state index is 0.248. The van der Waals surface area contributed by atoms with Crippen molar-refractivity contribution >= 4 is 23.3 Å². The largest absolute Gasteiger partial charge is 0.439 e. The van der Waals surface area contributed by atoms with Gasteiger partial charge in [0.2, 0.25) is 5.90 Å². The molecule has 152 valence electrons. The van der Waals surface area contributed by atoms with Crippen molar-refractivity contribution in [3.63, 3.8) is 0 Å². The Morgan fingerprint density at radius 1 is 0.710 bits per heavy atom. The molecule has 0 saturated heterocycles. The minimum atomic E-state index is -0.248. The zero-order valence-electron chi connectivity index (χ0n) is 16.7. The van der Waals surface area contributed by atoms with Crippen molar-refractivity contribution in [2.45, 2.75) is 4.90 Å². The van der Waals surface area contributed by atoms with Gasteiger partial charge in [-0.25, -0.2) is 9.38 Å². The fourth-order valence-corrected chi connectivity index (χ4v) is 3.51. The smallest absolute Gasteiger partial charge is 0.220 e. The zero-order chi connectivity index (χ0) is 21.3. The molecule has 4 rings (SSSR count). The highest BCUT2D eigenvalue weighted by molar-refractivity contribution is 8.02. The summed E-state index contributed by atoms with van der Waals surface area (Å²) in [6, 6.07) is 34.1. The molecule has 0 N–H and O–H groups in total. The van der Waals surface area contributed by atoms with E-state index in [1.165, 1.54) is 23.9 Å². The highest BCUT2D eigenvalue weighted by atomic mass is 32.2. The van der Waals surface area contributed by atoms with Gasteiger partial charge in [0.05, 0.1) is 5.69 Å². The van der Waals surface area contributed by atoms with E-state index in [0.29, 0.717) is 11.6 Å². The Morgan fingerprint density at radius 3 is 2.00 bits per heavy atom. The summed E-state index contributed by atoms with van der Waals surface area (Å²) < 4.78 is 19.1. The molecule has 0 aliphatic heterocycles. The fourth-order valence-electron chi connectivity index (χ4n) is 2.87. The van der Waals surface area contributed by atoms with Crippen LogP contribution in [0.25, 0.3) is 11.1 Å². The summed E-state index contributed by atoms with van der Waals surface area (Å²) in [6.07, 6.45) is 1.81. The maximum Gasteiger partial charge on any atom is 0.220 e. The average molecular weight is 426 g/mol. The normalized spacial score (nSPS) is 11.6. The zero-order valence-corrected chi connectivity index (χ0v) is 17.5. The van der Waals surface area contributed by atoms with E-state index in [-0.39, 0.29) is 5.82 Å². The second-order valence-electron chi connectivity index (χ2n) is 6.65. The lowest BCUT2D eigenvalue weighted by atomic mass is 10.1. The van der Waals surface area contributed by atoms with E-state index in [1.54, 1.807) is 12.1 Å². The van der Waals surface area contributed by atoms with Gasteiger partial charge >= 0.3 is 0 Å². The molecule has 0 spiro atoms. The summed E-state index contributed by atoms with van der Waals surface area (Å²) >= 11 is 1.47. The highest BCUT2D eigenvalue weighted by Gasteiger charge is 2.02. The van der Waals surface area contributed by atoms with Crippen LogP contribution in [-0.4, -0.2) is 5.90 Å². The number of benzene rings is 4. The molecule has 0 fully saturated rings. The maximum absolute atomic E-state index is 13.1. The van der Waals surface area contributed by atoms with E-state index in [0.717, 1.165) is 21.7 Å². The predicted molar refractivity (Wildman–Crippen MR) is 127 cm³/mol. The predicted octanol–water partition coefficient (Wildman–Crippen LogP) is 7.91. The van der Waals surface area contributed by atoms with Crippen molar-refractivity contribution in [3.05, 3.63) is 126 Å². The first-order valence-corrected chi connectivity index (χ1v) is 10.7. The van der Waals surface area contributed by atoms with Gasteiger partial charge in [0.1, 0.15) is 11.6 Å². The van der Waals surface area contributed by atoms with Gasteiger partial charge in [0.15, 0.2) is 0 Å². The standard InChI is InChI=1S/C27H20FNOS/c28-23-13-17-26(18-14-23)31-20-19-27(30-25-9-5-2-6-10-25)29-24-15-11-22(12-16-24)21-7-3-1-4-8-21/h1-20H. The van der Waals surface area contributed by atoms with Crippen molar-refractivity contribution < 1.29 is 9.13 Å². The first kappa shape index (κ1) is 20.6. The van der Waals surface area contributed by atoms with Crippen LogP contribution in [0, 0.1) is 5.82 Å². The molecule has 0 heterocycles. The molecule has 0 aliphatic rings. The maximum atomic E-state index is 13.1. The van der Waals surface area contributed by atoms with E-state index in [1.807, 2.05) is 84.3 Å². The number of ether oxygens (including phenoxy) is 1. The number of hydrogen-bond acceptors (Lipinski definition) is 3. The van der Waals surface area contributed by atoms with Gasteiger partial charge in [0, 0.05) is 11.0 Å². The quantitative estimate of drug-likeness (QED) is 0.178. The van der Waals surface area contributed by atoms with Crippen molar-refractivity contribution in [1.82, 2.24) is 0 Å². The molecule has 0 amide bonds. The van der Waals surface area contributed by atoms with Crippen LogP contribution < -0.4 is 4.74 Å². The van der Waals surface area contributed by atoms with Gasteiger partial charge in [-0.05, 0) is 65.1 Å². The Morgan fingerprint density at radius 2 is 1.32 bits per heavy atom. The van der Waals surface area contributed by atoms with Crippen LogP contribution in [0.4, 0.5) is 10.1 Å². The fraction of sp³-hybridized carbons (Fsp3) is 0. The number of rotatable bonds is 6. The van der Waals surface area contributed by atoms with Crippen LogP contribution in [0.5, 0.6) is 5.75 Å². The monoisotopic (exact) mass is 425 g/mol.